The first kappa shape index (κ1) is 13.0. The molecule has 1 aromatic rings. The first-order valence-corrected chi connectivity index (χ1v) is 6.56. The number of likely N-dealkylation sites (tertiary alicyclic amines) is 1. The highest BCUT2D eigenvalue weighted by molar-refractivity contribution is 5.77. The van der Waals surface area contributed by atoms with Gasteiger partial charge in [-0.1, -0.05) is 6.07 Å². The molecule has 2 rings (SSSR count). The summed E-state index contributed by atoms with van der Waals surface area (Å²) in [5.41, 5.74) is 6.63. The lowest BCUT2D eigenvalue weighted by atomic mass is 9.99. The summed E-state index contributed by atoms with van der Waals surface area (Å²) in [5.74, 6) is 0.200. The average molecular weight is 247 g/mol. The maximum Gasteiger partial charge on any atom is 0.223 e. The molecule has 0 aliphatic carbocycles. The van der Waals surface area contributed by atoms with Crippen LogP contribution in [0, 0.1) is 0 Å². The summed E-state index contributed by atoms with van der Waals surface area (Å²) in [6, 6.07) is 5.79. The van der Waals surface area contributed by atoms with Crippen LogP contribution >= 0.6 is 0 Å². The minimum absolute atomic E-state index is 0.138. The lowest BCUT2D eigenvalue weighted by Gasteiger charge is -2.34. The van der Waals surface area contributed by atoms with E-state index in [0.717, 1.165) is 25.1 Å². The summed E-state index contributed by atoms with van der Waals surface area (Å²) in [5, 5.41) is 0. The number of rotatable bonds is 4. The molecule has 0 saturated carbocycles. The fourth-order valence-electron chi connectivity index (χ4n) is 2.58. The third-order valence-corrected chi connectivity index (χ3v) is 3.81. The molecular weight excluding hydrogens is 226 g/mol. The summed E-state index contributed by atoms with van der Waals surface area (Å²) in [7, 11) is 0. The molecular formula is C14H21N3O. The van der Waals surface area contributed by atoms with Gasteiger partial charge in [0.1, 0.15) is 0 Å². The predicted octanol–water partition coefficient (Wildman–Crippen LogP) is 1.35. The minimum Gasteiger partial charge on any atom is -0.336 e. The zero-order valence-corrected chi connectivity index (χ0v) is 10.9. The third kappa shape index (κ3) is 2.70. The highest BCUT2D eigenvalue weighted by Crippen LogP contribution is 2.28. The molecule has 1 aromatic heterocycles. The molecule has 0 bridgehead atoms. The third-order valence-electron chi connectivity index (χ3n) is 3.81. The van der Waals surface area contributed by atoms with Crippen LogP contribution < -0.4 is 5.73 Å². The van der Waals surface area contributed by atoms with Crippen molar-refractivity contribution >= 4 is 5.91 Å². The van der Waals surface area contributed by atoms with Gasteiger partial charge in [-0.2, -0.15) is 0 Å². The van der Waals surface area contributed by atoms with Crippen LogP contribution in [-0.4, -0.2) is 34.4 Å². The Morgan fingerprint density at radius 2 is 2.39 bits per heavy atom. The van der Waals surface area contributed by atoms with Gasteiger partial charge in [0.15, 0.2) is 0 Å². The normalized spacial score (nSPS) is 23.3. The van der Waals surface area contributed by atoms with Crippen molar-refractivity contribution in [3.63, 3.8) is 0 Å². The summed E-state index contributed by atoms with van der Waals surface area (Å²) in [6.45, 7) is 3.47. The zero-order valence-electron chi connectivity index (χ0n) is 10.9. The molecule has 2 heterocycles. The Kier molecular flexibility index (Phi) is 3.97. The van der Waals surface area contributed by atoms with E-state index < -0.39 is 0 Å². The van der Waals surface area contributed by atoms with Crippen molar-refractivity contribution in [2.75, 3.05) is 13.1 Å². The van der Waals surface area contributed by atoms with E-state index in [2.05, 4.69) is 11.9 Å². The molecule has 98 valence electrons. The molecule has 1 aliphatic rings. The van der Waals surface area contributed by atoms with Gasteiger partial charge in [0.25, 0.3) is 0 Å². The van der Waals surface area contributed by atoms with E-state index in [1.54, 1.807) is 6.20 Å². The second-order valence-electron chi connectivity index (χ2n) is 5.17. The number of hydrogen-bond donors (Lipinski definition) is 1. The SMILES string of the molecule is CC1(CN)CCCN1C(=O)CCc1ccccn1. The lowest BCUT2D eigenvalue weighted by Crippen LogP contribution is -2.50. The van der Waals surface area contributed by atoms with Crippen LogP contribution in [0.5, 0.6) is 0 Å². The Morgan fingerprint density at radius 3 is 3.06 bits per heavy atom. The highest BCUT2D eigenvalue weighted by Gasteiger charge is 2.37. The number of pyridine rings is 1. The Hall–Kier alpha value is -1.42. The van der Waals surface area contributed by atoms with Crippen LogP contribution in [0.2, 0.25) is 0 Å². The first-order chi connectivity index (χ1) is 8.65. The van der Waals surface area contributed by atoms with Gasteiger partial charge in [0.2, 0.25) is 5.91 Å². The van der Waals surface area contributed by atoms with Crippen LogP contribution in [0.4, 0.5) is 0 Å². The first-order valence-electron chi connectivity index (χ1n) is 6.56. The number of carbonyl (C=O) groups excluding carboxylic acids is 1. The Balaban J connectivity index is 1.92. The zero-order chi connectivity index (χ0) is 13.0. The lowest BCUT2D eigenvalue weighted by molar-refractivity contribution is -0.134. The van der Waals surface area contributed by atoms with Crippen LogP contribution in [0.25, 0.3) is 0 Å². The molecule has 1 fully saturated rings. The number of carbonyl (C=O) groups is 1. The van der Waals surface area contributed by atoms with Crippen LogP contribution in [0.15, 0.2) is 24.4 Å². The van der Waals surface area contributed by atoms with Crippen molar-refractivity contribution in [2.45, 2.75) is 38.1 Å². The molecule has 18 heavy (non-hydrogen) atoms. The fraction of sp³-hybridized carbons (Fsp3) is 0.571. The van der Waals surface area contributed by atoms with Gasteiger partial charge in [0, 0.05) is 31.4 Å². The quantitative estimate of drug-likeness (QED) is 0.873. The maximum absolute atomic E-state index is 12.2. The summed E-state index contributed by atoms with van der Waals surface area (Å²) < 4.78 is 0. The van der Waals surface area contributed by atoms with Crippen molar-refractivity contribution in [1.29, 1.82) is 0 Å². The molecule has 4 nitrogen and oxygen atoms in total. The number of nitrogens with two attached hydrogens (primary N) is 1. The number of aromatic nitrogens is 1. The van der Waals surface area contributed by atoms with Gasteiger partial charge >= 0.3 is 0 Å². The topological polar surface area (TPSA) is 59.2 Å². The molecule has 1 aliphatic heterocycles. The van der Waals surface area contributed by atoms with Gasteiger partial charge in [-0.15, -0.1) is 0 Å². The largest absolute Gasteiger partial charge is 0.336 e. The second-order valence-corrected chi connectivity index (χ2v) is 5.17. The van der Waals surface area contributed by atoms with Crippen molar-refractivity contribution in [3.8, 4) is 0 Å². The van der Waals surface area contributed by atoms with E-state index in [1.807, 2.05) is 23.1 Å². The Morgan fingerprint density at radius 1 is 1.56 bits per heavy atom. The smallest absolute Gasteiger partial charge is 0.223 e. The summed E-state index contributed by atoms with van der Waals surface area (Å²) >= 11 is 0. The molecule has 1 atom stereocenters. The molecule has 0 spiro atoms. The highest BCUT2D eigenvalue weighted by atomic mass is 16.2. The van der Waals surface area contributed by atoms with Gasteiger partial charge < -0.3 is 10.6 Å². The molecule has 4 heteroatoms. The molecule has 1 unspecified atom stereocenters. The van der Waals surface area contributed by atoms with Gasteiger partial charge in [-0.3, -0.25) is 9.78 Å². The molecule has 2 N–H and O–H groups in total. The summed E-state index contributed by atoms with van der Waals surface area (Å²) in [6.07, 6.45) is 5.06. The molecule has 1 amide bonds. The van der Waals surface area contributed by atoms with Crippen molar-refractivity contribution in [1.82, 2.24) is 9.88 Å². The predicted molar refractivity (Wildman–Crippen MR) is 71.0 cm³/mol. The minimum atomic E-state index is -0.138. The van der Waals surface area contributed by atoms with E-state index in [-0.39, 0.29) is 11.4 Å². The van der Waals surface area contributed by atoms with Crippen molar-refractivity contribution < 1.29 is 4.79 Å². The van der Waals surface area contributed by atoms with E-state index in [1.165, 1.54) is 0 Å². The average Bonchev–Trinajstić information content (AvgIpc) is 2.80. The number of aryl methyl sites for hydroxylation is 1. The number of amides is 1. The molecule has 0 aromatic carbocycles. The standard InChI is InChI=1S/C14H21N3O/c1-14(11-15)8-4-10-17(14)13(18)7-6-12-5-2-3-9-16-12/h2-3,5,9H,4,6-8,10-11,15H2,1H3. The van der Waals surface area contributed by atoms with E-state index >= 15 is 0 Å². The fourth-order valence-corrected chi connectivity index (χ4v) is 2.58. The van der Waals surface area contributed by atoms with Crippen molar-refractivity contribution in [2.24, 2.45) is 5.73 Å². The summed E-state index contributed by atoms with van der Waals surface area (Å²) in [4.78, 5) is 18.4. The van der Waals surface area contributed by atoms with E-state index in [4.69, 9.17) is 5.73 Å². The van der Waals surface area contributed by atoms with Gasteiger partial charge in [-0.25, -0.2) is 0 Å². The monoisotopic (exact) mass is 247 g/mol. The van der Waals surface area contributed by atoms with Crippen LogP contribution in [-0.2, 0) is 11.2 Å². The van der Waals surface area contributed by atoms with E-state index in [0.29, 0.717) is 19.4 Å². The van der Waals surface area contributed by atoms with Crippen LogP contribution in [0.3, 0.4) is 0 Å². The maximum atomic E-state index is 12.2. The number of nitrogens with zero attached hydrogens (tertiary/aromatic N) is 2. The van der Waals surface area contributed by atoms with Gasteiger partial charge in [0.05, 0.1) is 5.54 Å². The van der Waals surface area contributed by atoms with Crippen LogP contribution in [0.1, 0.15) is 31.9 Å². The molecule has 0 radical (unpaired) electrons. The van der Waals surface area contributed by atoms with Gasteiger partial charge in [-0.05, 0) is 38.3 Å². The molecule has 1 saturated heterocycles. The number of hydrogen-bond acceptors (Lipinski definition) is 3. The van der Waals surface area contributed by atoms with Crippen molar-refractivity contribution in [3.05, 3.63) is 30.1 Å². The Labute approximate surface area is 108 Å². The second kappa shape index (κ2) is 5.48. The van der Waals surface area contributed by atoms with E-state index in [9.17, 15) is 4.79 Å². The Bertz CT molecular complexity index is 407.